The van der Waals surface area contributed by atoms with Crippen LogP contribution in [0.15, 0.2) is 90.0 Å². The van der Waals surface area contributed by atoms with Crippen molar-refractivity contribution >= 4 is 29.0 Å². The Kier molecular flexibility index (Phi) is 9.64. The number of H-pyrrole nitrogens is 1. The molecule has 1 heterocycles. The number of hydrogen-bond donors (Lipinski definition) is 2. The van der Waals surface area contributed by atoms with Gasteiger partial charge >= 0.3 is 5.97 Å². The lowest BCUT2D eigenvalue weighted by atomic mass is 10.0. The fraction of sp³-hybridized carbons (Fsp3) is 0.171. The van der Waals surface area contributed by atoms with Gasteiger partial charge < -0.3 is 28.7 Å². The summed E-state index contributed by atoms with van der Waals surface area (Å²) in [6, 6.07) is 24.8. The Morgan fingerprint density at radius 3 is 2.18 bits per heavy atom. The third kappa shape index (κ3) is 6.59. The third-order valence-electron chi connectivity index (χ3n) is 6.88. The number of fused-ring (bicyclic) bond motifs is 1. The molecule has 2 N–H and O–H groups in total. The predicted molar refractivity (Wildman–Crippen MR) is 172 cm³/mol. The Morgan fingerprint density at radius 1 is 0.778 bits per heavy atom. The second kappa shape index (κ2) is 14.1. The zero-order chi connectivity index (χ0) is 31.8. The number of carbonyl (C=O) groups excluding carboxylic acids is 2. The van der Waals surface area contributed by atoms with Gasteiger partial charge in [-0.05, 0) is 61.9 Å². The minimum absolute atomic E-state index is 0.261. The summed E-state index contributed by atoms with van der Waals surface area (Å²) in [5, 5.41) is 4.89. The van der Waals surface area contributed by atoms with Crippen molar-refractivity contribution in [2.45, 2.75) is 13.8 Å². The van der Waals surface area contributed by atoms with E-state index in [4.69, 9.17) is 23.7 Å². The topological polar surface area (TPSA) is 120 Å². The summed E-state index contributed by atoms with van der Waals surface area (Å²) in [5.74, 6) is 1.32. The fourth-order valence-electron chi connectivity index (χ4n) is 4.89. The van der Waals surface area contributed by atoms with Crippen LogP contribution in [0.1, 0.15) is 40.3 Å². The van der Waals surface area contributed by atoms with Crippen LogP contribution in [0, 0.1) is 0 Å². The maximum atomic E-state index is 13.6. The number of aromatic amines is 1. The van der Waals surface area contributed by atoms with Crippen LogP contribution < -0.4 is 29.1 Å². The Labute approximate surface area is 260 Å². The Morgan fingerprint density at radius 2 is 1.44 bits per heavy atom. The normalized spacial score (nSPS) is 10.9. The van der Waals surface area contributed by atoms with E-state index in [0.717, 1.165) is 5.56 Å². The van der Waals surface area contributed by atoms with Crippen LogP contribution in [0.25, 0.3) is 22.0 Å². The number of aromatic nitrogens is 1. The Hall–Kier alpha value is -5.77. The summed E-state index contributed by atoms with van der Waals surface area (Å²) >= 11 is 0. The van der Waals surface area contributed by atoms with Gasteiger partial charge in [-0.25, -0.2) is 10.2 Å². The second-order valence-corrected chi connectivity index (χ2v) is 9.62. The van der Waals surface area contributed by atoms with E-state index in [1.54, 1.807) is 68.8 Å². The molecule has 4 aromatic carbocycles. The molecule has 0 atom stereocenters. The SMILES string of the molecule is CCOc1ccc(C(=O)Oc2ccccc2C=NNC(=O)c2[nH]c3c(OC)ccc(OC)c3c2-c2ccccc2)cc1OCC. The lowest BCUT2D eigenvalue weighted by molar-refractivity contribution is 0.0733. The van der Waals surface area contributed by atoms with E-state index in [9.17, 15) is 9.59 Å². The van der Waals surface area contributed by atoms with Gasteiger partial charge in [0, 0.05) is 11.1 Å². The van der Waals surface area contributed by atoms with E-state index in [0.29, 0.717) is 63.8 Å². The molecule has 10 heteroatoms. The number of hydrogen-bond acceptors (Lipinski definition) is 8. The molecular weight excluding hydrogens is 574 g/mol. The smallest absolute Gasteiger partial charge is 0.343 e. The maximum Gasteiger partial charge on any atom is 0.343 e. The third-order valence-corrected chi connectivity index (χ3v) is 6.88. The molecule has 0 aliphatic carbocycles. The second-order valence-electron chi connectivity index (χ2n) is 9.62. The van der Waals surface area contributed by atoms with Crippen molar-refractivity contribution in [1.29, 1.82) is 0 Å². The first kappa shape index (κ1) is 30.7. The van der Waals surface area contributed by atoms with Gasteiger partial charge in [-0.1, -0.05) is 42.5 Å². The minimum atomic E-state index is -0.586. The molecule has 5 aromatic rings. The first-order chi connectivity index (χ1) is 22.0. The highest BCUT2D eigenvalue weighted by Crippen LogP contribution is 2.42. The monoisotopic (exact) mass is 607 g/mol. The first-order valence-electron chi connectivity index (χ1n) is 14.3. The molecule has 0 bridgehead atoms. The van der Waals surface area contributed by atoms with Crippen molar-refractivity contribution in [3.05, 3.63) is 102 Å². The van der Waals surface area contributed by atoms with Crippen molar-refractivity contribution < 1.29 is 33.3 Å². The van der Waals surface area contributed by atoms with Gasteiger partial charge in [-0.15, -0.1) is 0 Å². The van der Waals surface area contributed by atoms with Crippen LogP contribution >= 0.6 is 0 Å². The summed E-state index contributed by atoms with van der Waals surface area (Å²) in [6.45, 7) is 4.60. The molecule has 0 aliphatic rings. The number of methoxy groups -OCH3 is 2. The van der Waals surface area contributed by atoms with Gasteiger partial charge in [0.2, 0.25) is 0 Å². The number of ether oxygens (including phenoxy) is 5. The highest BCUT2D eigenvalue weighted by molar-refractivity contribution is 6.13. The molecule has 1 amide bonds. The summed E-state index contributed by atoms with van der Waals surface area (Å²) in [7, 11) is 3.14. The highest BCUT2D eigenvalue weighted by atomic mass is 16.5. The molecule has 45 heavy (non-hydrogen) atoms. The van der Waals surface area contributed by atoms with Crippen LogP contribution in [0.5, 0.6) is 28.7 Å². The number of para-hydroxylation sites is 1. The number of rotatable bonds is 12. The summed E-state index contributed by atoms with van der Waals surface area (Å²) in [6.07, 6.45) is 1.41. The summed E-state index contributed by atoms with van der Waals surface area (Å²) in [4.78, 5) is 29.8. The number of benzene rings is 4. The molecular formula is C35H33N3O7. The number of nitrogens with zero attached hydrogens (tertiary/aromatic N) is 1. The van der Waals surface area contributed by atoms with Crippen LogP contribution in [-0.4, -0.2) is 50.5 Å². The average Bonchev–Trinajstić information content (AvgIpc) is 3.47. The molecule has 0 saturated carbocycles. The van der Waals surface area contributed by atoms with E-state index < -0.39 is 11.9 Å². The zero-order valence-corrected chi connectivity index (χ0v) is 25.4. The largest absolute Gasteiger partial charge is 0.496 e. The van der Waals surface area contributed by atoms with Crippen molar-refractivity contribution in [1.82, 2.24) is 10.4 Å². The van der Waals surface area contributed by atoms with Crippen molar-refractivity contribution in [2.75, 3.05) is 27.4 Å². The number of hydrazone groups is 1. The van der Waals surface area contributed by atoms with Crippen LogP contribution in [-0.2, 0) is 0 Å². The van der Waals surface area contributed by atoms with Gasteiger partial charge in [0.25, 0.3) is 5.91 Å². The quantitative estimate of drug-likeness (QED) is 0.0707. The van der Waals surface area contributed by atoms with Crippen LogP contribution in [0.3, 0.4) is 0 Å². The van der Waals surface area contributed by atoms with Crippen LogP contribution in [0.4, 0.5) is 0 Å². The van der Waals surface area contributed by atoms with Gasteiger partial charge in [-0.3, -0.25) is 4.79 Å². The van der Waals surface area contributed by atoms with E-state index in [-0.39, 0.29) is 11.4 Å². The Balaban J connectivity index is 1.41. The minimum Gasteiger partial charge on any atom is -0.496 e. The molecule has 10 nitrogen and oxygen atoms in total. The van der Waals surface area contributed by atoms with E-state index in [1.807, 2.05) is 44.2 Å². The molecule has 0 aliphatic heterocycles. The lowest BCUT2D eigenvalue weighted by Gasteiger charge is -2.12. The number of esters is 1. The lowest BCUT2D eigenvalue weighted by Crippen LogP contribution is -2.19. The first-order valence-corrected chi connectivity index (χ1v) is 14.3. The van der Waals surface area contributed by atoms with E-state index in [1.165, 1.54) is 6.21 Å². The molecule has 0 radical (unpaired) electrons. The van der Waals surface area contributed by atoms with Gasteiger partial charge in [-0.2, -0.15) is 5.10 Å². The van der Waals surface area contributed by atoms with Crippen molar-refractivity contribution in [2.24, 2.45) is 5.10 Å². The van der Waals surface area contributed by atoms with Gasteiger partial charge in [0.15, 0.2) is 11.5 Å². The average molecular weight is 608 g/mol. The van der Waals surface area contributed by atoms with Gasteiger partial charge in [0.1, 0.15) is 22.9 Å². The summed E-state index contributed by atoms with van der Waals surface area (Å²) in [5.41, 5.74) is 5.70. The predicted octanol–water partition coefficient (Wildman–Crippen LogP) is 6.63. The molecule has 5 rings (SSSR count). The van der Waals surface area contributed by atoms with Crippen LogP contribution in [0.2, 0.25) is 0 Å². The zero-order valence-electron chi connectivity index (χ0n) is 25.4. The van der Waals surface area contributed by atoms with Gasteiger partial charge in [0.05, 0.1) is 50.1 Å². The standard InChI is InChI=1S/C35H33N3O7/c1-5-43-26-17-16-23(20-29(26)44-6-2)35(40)45-25-15-11-10-14-24(25)21-36-38-34(39)33-30(22-12-8-7-9-13-22)31-27(41-3)18-19-28(42-4)32(31)37-33/h7-21,37H,5-6H2,1-4H3,(H,38,39). The Bertz CT molecular complexity index is 1850. The molecule has 0 fully saturated rings. The molecule has 0 unspecified atom stereocenters. The molecule has 0 spiro atoms. The fourth-order valence-corrected chi connectivity index (χ4v) is 4.89. The number of carbonyl (C=O) groups is 2. The van der Waals surface area contributed by atoms with Crippen molar-refractivity contribution in [3.63, 3.8) is 0 Å². The van der Waals surface area contributed by atoms with E-state index in [2.05, 4.69) is 15.5 Å². The maximum absolute atomic E-state index is 13.6. The van der Waals surface area contributed by atoms with E-state index >= 15 is 0 Å². The highest BCUT2D eigenvalue weighted by Gasteiger charge is 2.24. The number of amides is 1. The number of nitrogens with one attached hydrogen (secondary N) is 2. The molecule has 230 valence electrons. The summed E-state index contributed by atoms with van der Waals surface area (Å²) < 4.78 is 28.1. The molecule has 1 aromatic heterocycles. The van der Waals surface area contributed by atoms with Crippen molar-refractivity contribution in [3.8, 4) is 39.9 Å². The molecule has 0 saturated heterocycles.